The molecule has 0 aliphatic carbocycles. The Labute approximate surface area is 102 Å². The van der Waals surface area contributed by atoms with E-state index in [-0.39, 0.29) is 11.9 Å². The lowest BCUT2D eigenvalue weighted by Gasteiger charge is -2.20. The average molecular weight is 232 g/mol. The number of carbonyl (C=O) groups excluding carboxylic acids is 1. The van der Waals surface area contributed by atoms with Crippen molar-refractivity contribution in [1.82, 2.24) is 0 Å². The molecule has 0 saturated carbocycles. The van der Waals surface area contributed by atoms with Crippen molar-refractivity contribution in [3.8, 4) is 0 Å². The fourth-order valence-electron chi connectivity index (χ4n) is 2.28. The van der Waals surface area contributed by atoms with Crippen molar-refractivity contribution in [2.75, 3.05) is 5.32 Å². The van der Waals surface area contributed by atoms with Crippen LogP contribution in [0, 0.1) is 5.92 Å². The van der Waals surface area contributed by atoms with Gasteiger partial charge in [-0.1, -0.05) is 26.0 Å². The highest BCUT2D eigenvalue weighted by Gasteiger charge is 2.16. The Bertz CT molecular complexity index is 426. The molecule has 1 atom stereocenters. The van der Waals surface area contributed by atoms with Gasteiger partial charge in [-0.3, -0.25) is 4.79 Å². The quantitative estimate of drug-likeness (QED) is 0.841. The molecule has 1 aliphatic heterocycles. The minimum absolute atomic E-state index is 0.0953. The lowest BCUT2D eigenvalue weighted by Crippen LogP contribution is -2.20. The van der Waals surface area contributed by atoms with Crippen molar-refractivity contribution in [3.63, 3.8) is 0 Å². The molecule has 17 heavy (non-hydrogen) atoms. The van der Waals surface area contributed by atoms with Gasteiger partial charge in [0.2, 0.25) is 5.91 Å². The summed E-state index contributed by atoms with van der Waals surface area (Å²) < 4.78 is 0. The largest absolute Gasteiger partial charge is 0.326 e. The second-order valence-corrected chi connectivity index (χ2v) is 5.20. The summed E-state index contributed by atoms with van der Waals surface area (Å²) in [7, 11) is 0. The number of anilines is 1. The number of benzene rings is 1. The number of rotatable bonds is 3. The average Bonchev–Trinajstić information content (AvgIpc) is 2.27. The number of nitrogens with one attached hydrogen (secondary N) is 1. The highest BCUT2D eigenvalue weighted by atomic mass is 16.1. The van der Waals surface area contributed by atoms with Gasteiger partial charge in [-0.25, -0.2) is 0 Å². The molecule has 1 amide bonds. The third kappa shape index (κ3) is 2.86. The van der Waals surface area contributed by atoms with Gasteiger partial charge in [-0.05, 0) is 36.0 Å². The van der Waals surface area contributed by atoms with Crippen LogP contribution < -0.4 is 11.1 Å². The molecule has 2 rings (SSSR count). The van der Waals surface area contributed by atoms with Crippen molar-refractivity contribution in [3.05, 3.63) is 29.3 Å². The molecule has 3 N–H and O–H groups in total. The van der Waals surface area contributed by atoms with Crippen LogP contribution in [0.3, 0.4) is 0 Å². The van der Waals surface area contributed by atoms with E-state index in [1.807, 2.05) is 12.1 Å². The minimum atomic E-state index is 0.0953. The van der Waals surface area contributed by atoms with Gasteiger partial charge in [-0.2, -0.15) is 0 Å². The van der Waals surface area contributed by atoms with E-state index in [1.165, 1.54) is 11.1 Å². The van der Waals surface area contributed by atoms with E-state index in [0.29, 0.717) is 12.3 Å². The van der Waals surface area contributed by atoms with Crippen LogP contribution in [0.5, 0.6) is 0 Å². The van der Waals surface area contributed by atoms with E-state index >= 15 is 0 Å². The van der Waals surface area contributed by atoms with Gasteiger partial charge in [0, 0.05) is 18.2 Å². The zero-order chi connectivity index (χ0) is 12.4. The Morgan fingerprint density at radius 3 is 2.82 bits per heavy atom. The number of hydrogen-bond donors (Lipinski definition) is 2. The molecule has 0 aromatic heterocycles. The zero-order valence-electron chi connectivity index (χ0n) is 10.5. The standard InChI is InChI=1S/C14H20N2O/c1-9(2)7-12(15)10-3-5-13-11(8-10)4-6-14(17)16-13/h3,5,8-9,12H,4,6-7,15H2,1-2H3,(H,16,17). The Kier molecular flexibility index (Phi) is 3.48. The van der Waals surface area contributed by atoms with Crippen LogP contribution in [0.4, 0.5) is 5.69 Å². The number of amides is 1. The van der Waals surface area contributed by atoms with Crippen molar-refractivity contribution in [2.45, 2.75) is 39.2 Å². The first-order valence-electron chi connectivity index (χ1n) is 6.24. The molecular formula is C14H20N2O. The summed E-state index contributed by atoms with van der Waals surface area (Å²) in [6, 6.07) is 6.24. The first-order chi connectivity index (χ1) is 8.06. The number of aryl methyl sites for hydroxylation is 1. The van der Waals surface area contributed by atoms with Gasteiger partial charge in [0.1, 0.15) is 0 Å². The number of fused-ring (bicyclic) bond motifs is 1. The fourth-order valence-corrected chi connectivity index (χ4v) is 2.28. The molecule has 0 saturated heterocycles. The summed E-state index contributed by atoms with van der Waals surface area (Å²) in [6.45, 7) is 4.36. The fraction of sp³-hybridized carbons (Fsp3) is 0.500. The zero-order valence-corrected chi connectivity index (χ0v) is 10.5. The van der Waals surface area contributed by atoms with Gasteiger partial charge in [0.05, 0.1) is 0 Å². The highest BCUT2D eigenvalue weighted by molar-refractivity contribution is 5.93. The third-order valence-electron chi connectivity index (χ3n) is 3.18. The summed E-state index contributed by atoms with van der Waals surface area (Å²) in [5, 5.41) is 2.89. The van der Waals surface area contributed by atoms with Crippen LogP contribution in [0.1, 0.15) is 43.9 Å². The molecule has 0 spiro atoms. The van der Waals surface area contributed by atoms with E-state index < -0.39 is 0 Å². The van der Waals surface area contributed by atoms with Gasteiger partial charge in [-0.15, -0.1) is 0 Å². The molecule has 1 aromatic rings. The smallest absolute Gasteiger partial charge is 0.224 e. The molecule has 92 valence electrons. The maximum atomic E-state index is 11.3. The van der Waals surface area contributed by atoms with Crippen LogP contribution in [-0.2, 0) is 11.2 Å². The van der Waals surface area contributed by atoms with E-state index in [9.17, 15) is 4.79 Å². The number of nitrogens with two attached hydrogens (primary N) is 1. The Balaban J connectivity index is 2.19. The highest BCUT2D eigenvalue weighted by Crippen LogP contribution is 2.27. The van der Waals surface area contributed by atoms with Crippen molar-refractivity contribution in [2.24, 2.45) is 11.7 Å². The van der Waals surface area contributed by atoms with E-state index in [2.05, 4.69) is 25.2 Å². The van der Waals surface area contributed by atoms with E-state index in [0.717, 1.165) is 18.5 Å². The summed E-state index contributed by atoms with van der Waals surface area (Å²) >= 11 is 0. The monoisotopic (exact) mass is 232 g/mol. The van der Waals surface area contributed by atoms with Crippen LogP contribution in [0.25, 0.3) is 0 Å². The van der Waals surface area contributed by atoms with E-state index in [1.54, 1.807) is 0 Å². The summed E-state index contributed by atoms with van der Waals surface area (Å²) in [5.41, 5.74) is 9.50. The van der Waals surface area contributed by atoms with Crippen molar-refractivity contribution < 1.29 is 4.79 Å². The lowest BCUT2D eigenvalue weighted by atomic mass is 9.93. The molecule has 1 aliphatic rings. The molecule has 0 fully saturated rings. The Morgan fingerprint density at radius 2 is 2.12 bits per heavy atom. The first kappa shape index (κ1) is 12.1. The molecule has 1 unspecified atom stereocenters. The molecule has 1 heterocycles. The molecule has 1 aromatic carbocycles. The summed E-state index contributed by atoms with van der Waals surface area (Å²) in [6.07, 6.45) is 2.39. The van der Waals surface area contributed by atoms with Gasteiger partial charge in [0.15, 0.2) is 0 Å². The van der Waals surface area contributed by atoms with Crippen LogP contribution in [0.15, 0.2) is 18.2 Å². The van der Waals surface area contributed by atoms with Crippen molar-refractivity contribution in [1.29, 1.82) is 0 Å². The molecule has 0 bridgehead atoms. The molecule has 3 heteroatoms. The van der Waals surface area contributed by atoms with Gasteiger partial charge in [0.25, 0.3) is 0 Å². The maximum absolute atomic E-state index is 11.3. The summed E-state index contributed by atoms with van der Waals surface area (Å²) in [4.78, 5) is 11.3. The minimum Gasteiger partial charge on any atom is -0.326 e. The predicted molar refractivity (Wildman–Crippen MR) is 69.8 cm³/mol. The molecule has 3 nitrogen and oxygen atoms in total. The molecular weight excluding hydrogens is 212 g/mol. The topological polar surface area (TPSA) is 55.1 Å². The van der Waals surface area contributed by atoms with Crippen molar-refractivity contribution >= 4 is 11.6 Å². The predicted octanol–water partition coefficient (Wildman–Crippen LogP) is 2.62. The maximum Gasteiger partial charge on any atom is 0.224 e. The van der Waals surface area contributed by atoms with Crippen LogP contribution in [0.2, 0.25) is 0 Å². The SMILES string of the molecule is CC(C)CC(N)c1ccc2c(c1)CCC(=O)N2. The second kappa shape index (κ2) is 4.88. The van der Waals surface area contributed by atoms with E-state index in [4.69, 9.17) is 5.73 Å². The van der Waals surface area contributed by atoms with Gasteiger partial charge < -0.3 is 11.1 Å². The van der Waals surface area contributed by atoms with Gasteiger partial charge >= 0.3 is 0 Å². The number of carbonyl (C=O) groups is 1. The Morgan fingerprint density at radius 1 is 1.35 bits per heavy atom. The Hall–Kier alpha value is -1.35. The third-order valence-corrected chi connectivity index (χ3v) is 3.18. The molecule has 0 radical (unpaired) electrons. The summed E-state index contributed by atoms with van der Waals surface area (Å²) in [5.74, 6) is 0.706. The number of hydrogen-bond acceptors (Lipinski definition) is 2. The van der Waals surface area contributed by atoms with Crippen LogP contribution in [-0.4, -0.2) is 5.91 Å². The van der Waals surface area contributed by atoms with Crippen LogP contribution >= 0.6 is 0 Å². The first-order valence-corrected chi connectivity index (χ1v) is 6.24. The second-order valence-electron chi connectivity index (χ2n) is 5.20. The lowest BCUT2D eigenvalue weighted by molar-refractivity contribution is -0.116. The normalized spacial score (nSPS) is 16.6.